The van der Waals surface area contributed by atoms with E-state index < -0.39 is 12.3 Å². The summed E-state index contributed by atoms with van der Waals surface area (Å²) in [6.45, 7) is 1.15. The SMILES string of the molecule is CC1(CF)OC(c2ccc(Br)cc2)=Nc2ccccc21. The molecule has 0 amide bonds. The molecule has 0 saturated carbocycles. The van der Waals surface area contributed by atoms with Crippen molar-refractivity contribution in [3.05, 3.63) is 64.1 Å². The standard InChI is InChI=1S/C16H13BrFNO/c1-16(10-18)13-4-2-3-5-14(13)19-15(20-16)11-6-8-12(17)9-7-11/h2-9H,10H2,1H3. The van der Waals surface area contributed by atoms with Crippen LogP contribution in [0.2, 0.25) is 0 Å². The second-order valence-corrected chi connectivity index (χ2v) is 5.82. The molecule has 1 aliphatic heterocycles. The van der Waals surface area contributed by atoms with Gasteiger partial charge in [0.05, 0.1) is 5.69 Å². The Labute approximate surface area is 125 Å². The van der Waals surface area contributed by atoms with Crippen molar-refractivity contribution in [2.45, 2.75) is 12.5 Å². The molecule has 1 heterocycles. The number of hydrogen-bond acceptors (Lipinski definition) is 2. The number of nitrogens with zero attached hydrogens (tertiary/aromatic N) is 1. The van der Waals surface area contributed by atoms with Crippen molar-refractivity contribution in [3.8, 4) is 0 Å². The lowest BCUT2D eigenvalue weighted by atomic mass is 9.94. The van der Waals surface area contributed by atoms with Crippen molar-refractivity contribution in [2.75, 3.05) is 6.67 Å². The Bertz CT molecular complexity index is 668. The van der Waals surface area contributed by atoms with Crippen LogP contribution in [0.1, 0.15) is 18.1 Å². The third-order valence-electron chi connectivity index (χ3n) is 3.36. The quantitative estimate of drug-likeness (QED) is 0.777. The highest BCUT2D eigenvalue weighted by atomic mass is 79.9. The van der Waals surface area contributed by atoms with Gasteiger partial charge in [-0.1, -0.05) is 34.1 Å². The summed E-state index contributed by atoms with van der Waals surface area (Å²) >= 11 is 3.39. The molecular formula is C16H13BrFNO. The maximum absolute atomic E-state index is 13.5. The van der Waals surface area contributed by atoms with Crippen LogP contribution in [0.5, 0.6) is 0 Å². The van der Waals surface area contributed by atoms with Crippen molar-refractivity contribution >= 4 is 27.5 Å². The van der Waals surface area contributed by atoms with Gasteiger partial charge in [-0.15, -0.1) is 0 Å². The lowest BCUT2D eigenvalue weighted by Crippen LogP contribution is -2.34. The second-order valence-electron chi connectivity index (χ2n) is 4.91. The van der Waals surface area contributed by atoms with E-state index in [2.05, 4.69) is 20.9 Å². The van der Waals surface area contributed by atoms with Gasteiger partial charge in [-0.3, -0.25) is 0 Å². The molecule has 4 heteroatoms. The number of ether oxygens (including phenoxy) is 1. The molecule has 3 rings (SSSR count). The van der Waals surface area contributed by atoms with Gasteiger partial charge >= 0.3 is 0 Å². The van der Waals surface area contributed by atoms with Gasteiger partial charge in [0, 0.05) is 15.6 Å². The Hall–Kier alpha value is -1.68. The lowest BCUT2D eigenvalue weighted by molar-refractivity contribution is 0.0421. The van der Waals surface area contributed by atoms with Crippen LogP contribution in [0.25, 0.3) is 0 Å². The molecule has 0 saturated heterocycles. The molecule has 102 valence electrons. The predicted molar refractivity (Wildman–Crippen MR) is 81.2 cm³/mol. The van der Waals surface area contributed by atoms with Gasteiger partial charge in [-0.25, -0.2) is 9.38 Å². The topological polar surface area (TPSA) is 21.6 Å². The highest BCUT2D eigenvalue weighted by Crippen LogP contribution is 2.38. The normalized spacial score (nSPS) is 20.9. The Morgan fingerprint density at radius 3 is 2.55 bits per heavy atom. The molecule has 20 heavy (non-hydrogen) atoms. The van der Waals surface area contributed by atoms with E-state index in [9.17, 15) is 4.39 Å². The average Bonchev–Trinajstić information content (AvgIpc) is 2.48. The fraction of sp³-hybridized carbons (Fsp3) is 0.188. The van der Waals surface area contributed by atoms with E-state index in [1.165, 1.54) is 0 Å². The second kappa shape index (κ2) is 5.02. The number of para-hydroxylation sites is 1. The molecule has 1 atom stereocenters. The first kappa shape index (κ1) is 13.3. The van der Waals surface area contributed by atoms with Crippen molar-refractivity contribution < 1.29 is 9.13 Å². The zero-order chi connectivity index (χ0) is 14.2. The first-order chi connectivity index (χ1) is 9.62. The summed E-state index contributed by atoms with van der Waals surface area (Å²) in [7, 11) is 0. The van der Waals surface area contributed by atoms with Crippen LogP contribution in [0.3, 0.4) is 0 Å². The number of hydrogen-bond donors (Lipinski definition) is 0. The van der Waals surface area contributed by atoms with Crippen molar-refractivity contribution in [1.82, 2.24) is 0 Å². The molecule has 0 radical (unpaired) electrons. The molecule has 2 aromatic carbocycles. The minimum absolute atomic E-state index is 0.455. The number of fused-ring (bicyclic) bond motifs is 1. The summed E-state index contributed by atoms with van der Waals surface area (Å²) in [5.74, 6) is 0.455. The lowest BCUT2D eigenvalue weighted by Gasteiger charge is -2.33. The number of rotatable bonds is 2. The minimum Gasteiger partial charge on any atom is -0.463 e. The van der Waals surface area contributed by atoms with Crippen LogP contribution in [-0.4, -0.2) is 12.6 Å². The third-order valence-corrected chi connectivity index (χ3v) is 3.89. The maximum Gasteiger partial charge on any atom is 0.222 e. The summed E-state index contributed by atoms with van der Waals surface area (Å²) in [6, 6.07) is 15.1. The zero-order valence-electron chi connectivity index (χ0n) is 10.9. The molecule has 2 nitrogen and oxygen atoms in total. The van der Waals surface area contributed by atoms with Gasteiger partial charge in [-0.2, -0.15) is 0 Å². The van der Waals surface area contributed by atoms with Crippen LogP contribution in [0.15, 0.2) is 58.0 Å². The summed E-state index contributed by atoms with van der Waals surface area (Å²) in [6.07, 6.45) is 0. The van der Waals surface area contributed by atoms with E-state index in [4.69, 9.17) is 4.74 Å². The third kappa shape index (κ3) is 2.24. The van der Waals surface area contributed by atoms with E-state index in [0.717, 1.165) is 21.3 Å². The van der Waals surface area contributed by atoms with E-state index in [0.29, 0.717) is 5.90 Å². The van der Waals surface area contributed by atoms with Gasteiger partial charge in [0.25, 0.3) is 0 Å². The number of aliphatic imine (C=N–C) groups is 1. The maximum atomic E-state index is 13.5. The first-order valence-electron chi connectivity index (χ1n) is 6.31. The molecule has 1 aliphatic rings. The Balaban J connectivity index is 2.11. The van der Waals surface area contributed by atoms with Gasteiger partial charge < -0.3 is 4.74 Å². The van der Waals surface area contributed by atoms with E-state index in [1.807, 2.05) is 48.5 Å². The van der Waals surface area contributed by atoms with Gasteiger partial charge in [0.2, 0.25) is 5.90 Å². The molecule has 0 spiro atoms. The van der Waals surface area contributed by atoms with E-state index in [-0.39, 0.29) is 0 Å². The summed E-state index contributed by atoms with van der Waals surface area (Å²) in [4.78, 5) is 4.50. The van der Waals surface area contributed by atoms with Gasteiger partial charge in [0.1, 0.15) is 6.67 Å². The number of alkyl halides is 1. The largest absolute Gasteiger partial charge is 0.463 e. The van der Waals surface area contributed by atoms with Crippen LogP contribution < -0.4 is 0 Å². The number of halogens is 2. The predicted octanol–water partition coefficient (Wildman–Crippen LogP) is 4.74. The monoisotopic (exact) mass is 333 g/mol. The molecule has 0 bridgehead atoms. The van der Waals surface area contributed by atoms with E-state index >= 15 is 0 Å². The highest BCUT2D eigenvalue weighted by molar-refractivity contribution is 9.10. The Morgan fingerprint density at radius 1 is 1.15 bits per heavy atom. The van der Waals surface area contributed by atoms with Crippen molar-refractivity contribution in [2.24, 2.45) is 4.99 Å². The molecule has 1 unspecified atom stereocenters. The molecule has 2 aromatic rings. The Morgan fingerprint density at radius 2 is 1.85 bits per heavy atom. The van der Waals surface area contributed by atoms with Gasteiger partial charge in [-0.05, 0) is 37.3 Å². The molecule has 0 aliphatic carbocycles. The smallest absolute Gasteiger partial charge is 0.222 e. The van der Waals surface area contributed by atoms with Crippen LogP contribution >= 0.6 is 15.9 Å². The zero-order valence-corrected chi connectivity index (χ0v) is 12.5. The summed E-state index contributed by atoms with van der Waals surface area (Å²) < 4.78 is 20.3. The molecule has 0 N–H and O–H groups in total. The van der Waals surface area contributed by atoms with Crippen molar-refractivity contribution in [3.63, 3.8) is 0 Å². The fourth-order valence-corrected chi connectivity index (χ4v) is 2.50. The molecular weight excluding hydrogens is 321 g/mol. The van der Waals surface area contributed by atoms with E-state index in [1.54, 1.807) is 6.92 Å². The minimum atomic E-state index is -0.985. The van der Waals surface area contributed by atoms with Crippen LogP contribution in [-0.2, 0) is 10.3 Å². The molecule has 0 aromatic heterocycles. The summed E-state index contributed by atoms with van der Waals surface area (Å²) in [5, 5.41) is 0. The average molecular weight is 334 g/mol. The number of benzene rings is 2. The molecule has 0 fully saturated rings. The summed E-state index contributed by atoms with van der Waals surface area (Å²) in [5.41, 5.74) is 1.39. The first-order valence-corrected chi connectivity index (χ1v) is 7.11. The van der Waals surface area contributed by atoms with Crippen LogP contribution in [0, 0.1) is 0 Å². The Kier molecular flexibility index (Phi) is 3.34. The highest BCUT2D eigenvalue weighted by Gasteiger charge is 2.36. The van der Waals surface area contributed by atoms with Crippen molar-refractivity contribution in [1.29, 1.82) is 0 Å². The van der Waals surface area contributed by atoms with Crippen LogP contribution in [0.4, 0.5) is 10.1 Å². The fourth-order valence-electron chi connectivity index (χ4n) is 2.23. The van der Waals surface area contributed by atoms with Gasteiger partial charge in [0.15, 0.2) is 5.60 Å².